The first-order valence-electron chi connectivity index (χ1n) is 8.63. The highest BCUT2D eigenvalue weighted by molar-refractivity contribution is 7.93. The van der Waals surface area contributed by atoms with Crippen LogP contribution in [-0.4, -0.2) is 13.7 Å². The van der Waals surface area contributed by atoms with Crippen molar-refractivity contribution in [3.63, 3.8) is 0 Å². The summed E-state index contributed by atoms with van der Waals surface area (Å²) >= 11 is 0. The third-order valence-corrected chi connectivity index (χ3v) is 5.84. The fraction of sp³-hybridized carbons (Fsp3) is 0.667. The minimum Gasteiger partial charge on any atom is -0.283 e. The molecule has 0 bridgehead atoms. The normalized spacial score (nSPS) is 13.0. The first kappa shape index (κ1) is 19.0. The molecule has 0 aliphatic heterocycles. The van der Waals surface area contributed by atoms with Crippen LogP contribution in [0.1, 0.15) is 71.6 Å². The van der Waals surface area contributed by atoms with Crippen LogP contribution in [0.4, 0.5) is 5.69 Å². The number of anilines is 1. The quantitative estimate of drug-likeness (QED) is 0.527. The largest absolute Gasteiger partial charge is 0.283 e. The molecule has 0 heterocycles. The van der Waals surface area contributed by atoms with Gasteiger partial charge in [-0.1, -0.05) is 76.5 Å². The predicted octanol–water partition coefficient (Wildman–Crippen LogP) is 5.35. The Balaban J connectivity index is 2.19. The van der Waals surface area contributed by atoms with Crippen LogP contribution < -0.4 is 4.72 Å². The Morgan fingerprint density at radius 3 is 2.05 bits per heavy atom. The smallest absolute Gasteiger partial charge is 0.235 e. The molecule has 4 heteroatoms. The van der Waals surface area contributed by atoms with E-state index in [-0.39, 0.29) is 5.25 Å². The number of hydrogen-bond donors (Lipinski definition) is 1. The van der Waals surface area contributed by atoms with Gasteiger partial charge in [-0.25, -0.2) is 8.42 Å². The molecule has 1 rings (SSSR count). The van der Waals surface area contributed by atoms with E-state index in [0.29, 0.717) is 5.69 Å². The first-order valence-corrected chi connectivity index (χ1v) is 10.2. The molecule has 1 aromatic rings. The lowest BCUT2D eigenvalue weighted by atomic mass is 10.1. The molecule has 126 valence electrons. The molecule has 0 radical (unpaired) electrons. The molecule has 0 aliphatic rings. The van der Waals surface area contributed by atoms with Gasteiger partial charge >= 0.3 is 0 Å². The number of sulfonamides is 1. The molecule has 0 saturated heterocycles. The van der Waals surface area contributed by atoms with Crippen molar-refractivity contribution >= 4 is 15.7 Å². The standard InChI is InChI=1S/C18H31NO2S/c1-3-4-5-6-7-8-9-11-14-17(2)22(20,21)19-18-15-12-10-13-16-18/h10,12-13,15-17,19H,3-9,11,14H2,1-2H3. The molecule has 0 fully saturated rings. The molecule has 1 atom stereocenters. The molecule has 0 spiro atoms. The van der Waals surface area contributed by atoms with E-state index in [1.54, 1.807) is 19.1 Å². The summed E-state index contributed by atoms with van der Waals surface area (Å²) in [6.07, 6.45) is 10.6. The third-order valence-electron chi connectivity index (χ3n) is 4.03. The summed E-state index contributed by atoms with van der Waals surface area (Å²) in [5, 5.41) is -0.340. The molecular formula is C18H31NO2S. The van der Waals surface area contributed by atoms with E-state index in [2.05, 4.69) is 11.6 Å². The van der Waals surface area contributed by atoms with Crippen LogP contribution in [0.15, 0.2) is 30.3 Å². The fourth-order valence-electron chi connectivity index (χ4n) is 2.49. The number of hydrogen-bond acceptors (Lipinski definition) is 2. The molecule has 3 nitrogen and oxygen atoms in total. The van der Waals surface area contributed by atoms with E-state index in [9.17, 15) is 8.42 Å². The van der Waals surface area contributed by atoms with Crippen molar-refractivity contribution in [2.45, 2.75) is 76.9 Å². The monoisotopic (exact) mass is 325 g/mol. The summed E-state index contributed by atoms with van der Waals surface area (Å²) in [6, 6.07) is 9.10. The van der Waals surface area contributed by atoms with Crippen LogP contribution >= 0.6 is 0 Å². The van der Waals surface area contributed by atoms with Crippen LogP contribution in [-0.2, 0) is 10.0 Å². The van der Waals surface area contributed by atoms with Crippen LogP contribution in [0.25, 0.3) is 0 Å². The second-order valence-corrected chi connectivity index (χ2v) is 8.19. The van der Waals surface area contributed by atoms with Crippen LogP contribution in [0, 0.1) is 0 Å². The summed E-state index contributed by atoms with van der Waals surface area (Å²) in [5.41, 5.74) is 0.644. The molecule has 0 amide bonds. The molecule has 1 aromatic carbocycles. The highest BCUT2D eigenvalue weighted by Gasteiger charge is 2.19. The fourth-order valence-corrected chi connectivity index (χ4v) is 3.63. The highest BCUT2D eigenvalue weighted by Crippen LogP contribution is 2.16. The zero-order valence-electron chi connectivity index (χ0n) is 14.1. The first-order chi connectivity index (χ1) is 10.6. The van der Waals surface area contributed by atoms with Crippen LogP contribution in [0.5, 0.6) is 0 Å². The maximum Gasteiger partial charge on any atom is 0.235 e. The summed E-state index contributed by atoms with van der Waals surface area (Å²) in [6.45, 7) is 4.03. The van der Waals surface area contributed by atoms with Gasteiger partial charge in [-0.05, 0) is 25.5 Å². The number of para-hydroxylation sites is 1. The maximum atomic E-state index is 12.2. The van der Waals surface area contributed by atoms with Gasteiger partial charge in [0.15, 0.2) is 0 Å². The molecule has 0 aliphatic carbocycles. The molecule has 1 unspecified atom stereocenters. The van der Waals surface area contributed by atoms with Crippen molar-refractivity contribution in [2.75, 3.05) is 4.72 Å². The number of unbranched alkanes of at least 4 members (excludes halogenated alkanes) is 7. The average molecular weight is 326 g/mol. The van der Waals surface area contributed by atoms with Crippen molar-refractivity contribution in [2.24, 2.45) is 0 Å². The van der Waals surface area contributed by atoms with Crippen LogP contribution in [0.2, 0.25) is 0 Å². The topological polar surface area (TPSA) is 46.2 Å². The molecule has 0 aromatic heterocycles. The van der Waals surface area contributed by atoms with Gasteiger partial charge in [0.2, 0.25) is 10.0 Å². The van der Waals surface area contributed by atoms with Gasteiger partial charge in [-0.2, -0.15) is 0 Å². The second-order valence-electron chi connectivity index (χ2n) is 6.09. The van der Waals surface area contributed by atoms with Crippen molar-refractivity contribution < 1.29 is 8.42 Å². The minimum atomic E-state index is -3.27. The summed E-state index contributed by atoms with van der Waals surface area (Å²) in [4.78, 5) is 0. The van der Waals surface area contributed by atoms with Gasteiger partial charge in [0.1, 0.15) is 0 Å². The Hall–Kier alpha value is -1.03. The van der Waals surface area contributed by atoms with Crippen molar-refractivity contribution in [1.29, 1.82) is 0 Å². The van der Waals surface area contributed by atoms with Crippen molar-refractivity contribution in [3.8, 4) is 0 Å². The van der Waals surface area contributed by atoms with E-state index in [1.165, 1.54) is 38.5 Å². The SMILES string of the molecule is CCCCCCCCCCC(C)S(=O)(=O)Nc1ccccc1. The lowest BCUT2D eigenvalue weighted by Gasteiger charge is -2.14. The Kier molecular flexibility index (Phi) is 9.21. The van der Waals surface area contributed by atoms with Crippen molar-refractivity contribution in [1.82, 2.24) is 0 Å². The summed E-state index contributed by atoms with van der Waals surface area (Å²) < 4.78 is 27.1. The van der Waals surface area contributed by atoms with Crippen LogP contribution in [0.3, 0.4) is 0 Å². The van der Waals surface area contributed by atoms with E-state index < -0.39 is 10.0 Å². The van der Waals surface area contributed by atoms with Gasteiger partial charge in [0.05, 0.1) is 5.25 Å². The van der Waals surface area contributed by atoms with Gasteiger partial charge in [-0.3, -0.25) is 4.72 Å². The van der Waals surface area contributed by atoms with E-state index in [1.807, 2.05) is 18.2 Å². The van der Waals surface area contributed by atoms with E-state index in [4.69, 9.17) is 0 Å². The Labute approximate surface area is 136 Å². The second kappa shape index (κ2) is 10.7. The average Bonchev–Trinajstić information content (AvgIpc) is 2.50. The summed E-state index contributed by atoms with van der Waals surface area (Å²) in [5.74, 6) is 0. The molecule has 1 N–H and O–H groups in total. The van der Waals surface area contributed by atoms with E-state index >= 15 is 0 Å². The Morgan fingerprint density at radius 2 is 1.45 bits per heavy atom. The highest BCUT2D eigenvalue weighted by atomic mass is 32.2. The summed E-state index contributed by atoms with van der Waals surface area (Å²) in [7, 11) is -3.27. The van der Waals surface area contributed by atoms with Crippen molar-refractivity contribution in [3.05, 3.63) is 30.3 Å². The number of benzene rings is 1. The van der Waals surface area contributed by atoms with Gasteiger partial charge < -0.3 is 0 Å². The maximum absolute atomic E-state index is 12.2. The van der Waals surface area contributed by atoms with E-state index in [0.717, 1.165) is 19.3 Å². The van der Waals surface area contributed by atoms with Gasteiger partial charge in [0, 0.05) is 5.69 Å². The Morgan fingerprint density at radius 1 is 0.909 bits per heavy atom. The lowest BCUT2D eigenvalue weighted by Crippen LogP contribution is -2.25. The van der Waals surface area contributed by atoms with Gasteiger partial charge in [-0.15, -0.1) is 0 Å². The molecule has 22 heavy (non-hydrogen) atoms. The molecule has 0 saturated carbocycles. The number of nitrogens with one attached hydrogen (secondary N) is 1. The Bertz CT molecular complexity index is 485. The third kappa shape index (κ3) is 7.83. The van der Waals surface area contributed by atoms with Gasteiger partial charge in [0.25, 0.3) is 0 Å². The zero-order chi connectivity index (χ0) is 16.3. The zero-order valence-corrected chi connectivity index (χ0v) is 14.9. The molecular weight excluding hydrogens is 294 g/mol. The number of rotatable bonds is 12. The predicted molar refractivity (Wildman–Crippen MR) is 95.7 cm³/mol. The lowest BCUT2D eigenvalue weighted by molar-refractivity contribution is 0.548. The minimum absolute atomic E-state index is 0.340.